The molecule has 0 bridgehead atoms. The van der Waals surface area contributed by atoms with Crippen molar-refractivity contribution in [2.24, 2.45) is 0 Å². The van der Waals surface area contributed by atoms with Crippen molar-refractivity contribution in [2.75, 3.05) is 0 Å². The first-order valence-electron chi connectivity index (χ1n) is 37.3. The van der Waals surface area contributed by atoms with Crippen LogP contribution in [0.2, 0.25) is 0 Å². The molecule has 0 saturated carbocycles. The summed E-state index contributed by atoms with van der Waals surface area (Å²) in [7, 11) is 0. The van der Waals surface area contributed by atoms with E-state index >= 15 is 0 Å². The van der Waals surface area contributed by atoms with Crippen LogP contribution in [0.3, 0.4) is 0 Å². The van der Waals surface area contributed by atoms with E-state index < -0.39 is 0 Å². The van der Waals surface area contributed by atoms with Gasteiger partial charge in [-0.3, -0.25) is 9.13 Å². The zero-order valence-electron chi connectivity index (χ0n) is 60.2. The Bertz CT molecular complexity index is 6770. The number of fused-ring (bicyclic) bond motifs is 12. The van der Waals surface area contributed by atoms with Crippen LogP contribution in [0.15, 0.2) is 383 Å². The van der Waals surface area contributed by atoms with E-state index in [2.05, 4.69) is 273 Å². The van der Waals surface area contributed by atoms with Crippen molar-refractivity contribution in [3.05, 3.63) is 383 Å². The van der Waals surface area contributed by atoms with Crippen LogP contribution in [0.4, 0.5) is 0 Å². The number of hydrogen-bond donors (Lipinski definition) is 0. The summed E-state index contributed by atoms with van der Waals surface area (Å²) in [6.07, 6.45) is 7.27. The van der Waals surface area contributed by atoms with Gasteiger partial charge in [0.25, 0.3) is 0 Å². The smallest absolute Gasteiger partial charge is 0.234 e. The van der Waals surface area contributed by atoms with Gasteiger partial charge in [-0.15, -0.1) is 0 Å². The van der Waals surface area contributed by atoms with Crippen molar-refractivity contribution in [2.45, 2.75) is 0 Å². The molecule has 14 aromatic carbocycles. The Hall–Kier alpha value is -15.5. The largest absolute Gasteiger partial charge is 0.309 e. The number of rotatable bonds is 12. The number of aromatic nitrogens is 13. The minimum absolute atomic E-state index is 0.513. The molecular formula is C99H63N13. The van der Waals surface area contributed by atoms with Crippen LogP contribution in [-0.4, -0.2) is 63.1 Å². The Morgan fingerprint density at radius 1 is 0.161 bits per heavy atom. The number of nitrogens with zero attached hydrogens (tertiary/aromatic N) is 13. The van der Waals surface area contributed by atoms with Crippen molar-refractivity contribution in [3.8, 4) is 114 Å². The zero-order chi connectivity index (χ0) is 74.0. The molecule has 0 unspecified atom stereocenters. The molecule has 0 saturated heterocycles. The molecule has 13 nitrogen and oxygen atoms in total. The van der Waals surface area contributed by atoms with E-state index in [4.69, 9.17) is 44.9 Å². The van der Waals surface area contributed by atoms with Crippen molar-refractivity contribution < 1.29 is 0 Å². The Morgan fingerprint density at radius 2 is 0.429 bits per heavy atom. The monoisotopic (exact) mass is 1430 g/mol. The quantitative estimate of drug-likeness (QED) is 0.117. The summed E-state index contributed by atoms with van der Waals surface area (Å²) in [4.78, 5) is 44.3. The van der Waals surface area contributed by atoms with Crippen LogP contribution in [0.5, 0.6) is 0 Å². The SMILES string of the molecule is c1ccc(-c2cc(-c3ccccc3)nc(-c3cnc(-n4c5ccccc5c5cc(-c6ccc7c8ccccc8n(-c8ccccc8)c7c6)ccc54)nc3)n2)cc1.c1ccc(-c2nc(-c3ccccc3)nc(-c3cnc(-n4c5ccccc5c5cc(-c6ccc7c8ccccc8n(-c8ccccc8)c7c6)ccc54)nc3)n2)cc1. The molecule has 22 aromatic rings. The molecule has 524 valence electrons. The summed E-state index contributed by atoms with van der Waals surface area (Å²) in [5.74, 6) is 3.44. The van der Waals surface area contributed by atoms with E-state index in [9.17, 15) is 0 Å². The summed E-state index contributed by atoms with van der Waals surface area (Å²) < 4.78 is 9.00. The standard InChI is InChI=1S/C50H32N6.C49H31N7/c1-4-14-33(15-5-1)43-30-44(34-16-6-2-7-17-34)54-49(53-43)37-31-51-50(52-32-37)56-46-23-13-11-21-40(46)42-28-35(25-27-47(42)56)36-24-26-41-39-20-10-12-22-45(39)55(48(41)29-36)38-18-8-3-9-19-38;1-4-14-32(15-5-1)46-52-47(33-16-6-2-7-17-33)54-48(53-46)36-30-50-49(51-31-36)56-43-23-13-11-21-39(43)41-28-34(25-27-44(41)56)35-24-26-40-38-20-10-12-22-42(38)55(45(40)29-35)37-18-8-3-9-19-37/h1-32H;1-31H. The Labute approximate surface area is 642 Å². The van der Waals surface area contributed by atoms with Gasteiger partial charge in [-0.05, 0) is 113 Å². The van der Waals surface area contributed by atoms with Gasteiger partial charge in [-0.1, -0.05) is 267 Å². The third-order valence-electron chi connectivity index (χ3n) is 21.1. The van der Waals surface area contributed by atoms with Gasteiger partial charge < -0.3 is 9.13 Å². The average Bonchev–Trinajstić information content (AvgIpc) is 1.59. The normalized spacial score (nSPS) is 11.6. The van der Waals surface area contributed by atoms with Crippen molar-refractivity contribution >= 4 is 87.2 Å². The topological polar surface area (TPSA) is 136 Å². The first-order chi connectivity index (χ1) is 55.5. The molecule has 0 aliphatic heterocycles. The second-order valence-electron chi connectivity index (χ2n) is 27.8. The van der Waals surface area contributed by atoms with Crippen LogP contribution in [0.25, 0.3) is 201 Å². The van der Waals surface area contributed by atoms with E-state index in [-0.39, 0.29) is 0 Å². The minimum Gasteiger partial charge on any atom is -0.309 e. The highest BCUT2D eigenvalue weighted by atomic mass is 15.2. The maximum Gasteiger partial charge on any atom is 0.234 e. The lowest BCUT2D eigenvalue weighted by atomic mass is 10.0. The fraction of sp³-hybridized carbons (Fsp3) is 0. The fourth-order valence-electron chi connectivity index (χ4n) is 15.9. The molecule has 8 heterocycles. The lowest BCUT2D eigenvalue weighted by molar-refractivity contribution is 0.982. The molecule has 8 aromatic heterocycles. The molecule has 0 amide bonds. The van der Waals surface area contributed by atoms with Crippen LogP contribution in [-0.2, 0) is 0 Å². The van der Waals surface area contributed by atoms with Gasteiger partial charge >= 0.3 is 0 Å². The molecule has 0 fully saturated rings. The van der Waals surface area contributed by atoms with Crippen LogP contribution >= 0.6 is 0 Å². The van der Waals surface area contributed by atoms with Crippen molar-refractivity contribution in [1.29, 1.82) is 0 Å². The van der Waals surface area contributed by atoms with Crippen LogP contribution in [0, 0.1) is 0 Å². The summed E-state index contributed by atoms with van der Waals surface area (Å²) >= 11 is 0. The summed E-state index contributed by atoms with van der Waals surface area (Å²) in [5.41, 5.74) is 22.8. The van der Waals surface area contributed by atoms with Crippen LogP contribution < -0.4 is 0 Å². The highest BCUT2D eigenvalue weighted by Crippen LogP contribution is 2.42. The van der Waals surface area contributed by atoms with Gasteiger partial charge in [-0.2, -0.15) is 0 Å². The first kappa shape index (κ1) is 64.9. The number of para-hydroxylation sites is 6. The van der Waals surface area contributed by atoms with E-state index in [0.717, 1.165) is 116 Å². The fourth-order valence-corrected chi connectivity index (χ4v) is 15.9. The van der Waals surface area contributed by atoms with E-state index in [0.29, 0.717) is 40.8 Å². The highest BCUT2D eigenvalue weighted by molar-refractivity contribution is 6.14. The summed E-state index contributed by atoms with van der Waals surface area (Å²) in [6.45, 7) is 0. The second-order valence-corrected chi connectivity index (χ2v) is 27.8. The number of hydrogen-bond acceptors (Lipinski definition) is 9. The van der Waals surface area contributed by atoms with Crippen molar-refractivity contribution in [3.63, 3.8) is 0 Å². The van der Waals surface area contributed by atoms with E-state index in [1.165, 1.54) is 43.6 Å². The molecule has 0 aliphatic rings. The maximum absolute atomic E-state index is 4.98. The lowest BCUT2D eigenvalue weighted by Crippen LogP contribution is -2.03. The molecule has 0 radical (unpaired) electrons. The number of benzene rings is 14. The zero-order valence-corrected chi connectivity index (χ0v) is 60.2. The molecule has 0 atom stereocenters. The first-order valence-corrected chi connectivity index (χ1v) is 37.3. The summed E-state index contributed by atoms with van der Waals surface area (Å²) in [6, 6.07) is 125. The third-order valence-corrected chi connectivity index (χ3v) is 21.1. The molecule has 0 N–H and O–H groups in total. The highest BCUT2D eigenvalue weighted by Gasteiger charge is 2.22. The molecule has 0 spiro atoms. The third kappa shape index (κ3) is 11.5. The second kappa shape index (κ2) is 27.4. The molecular weight excluding hydrogens is 1370 g/mol. The average molecular weight is 1430 g/mol. The Kier molecular flexibility index (Phi) is 15.9. The Morgan fingerprint density at radius 3 is 0.804 bits per heavy atom. The van der Waals surface area contributed by atoms with E-state index in [1.807, 2.05) is 116 Å². The van der Waals surface area contributed by atoms with Gasteiger partial charge in [0.1, 0.15) is 0 Å². The van der Waals surface area contributed by atoms with Gasteiger partial charge in [0.05, 0.1) is 66.6 Å². The van der Waals surface area contributed by atoms with E-state index in [1.54, 1.807) is 12.4 Å². The van der Waals surface area contributed by atoms with Gasteiger partial charge in [0, 0.05) is 102 Å². The van der Waals surface area contributed by atoms with Crippen molar-refractivity contribution in [1.82, 2.24) is 63.1 Å². The minimum atomic E-state index is 0.513. The predicted octanol–water partition coefficient (Wildman–Crippen LogP) is 23.7. The lowest BCUT2D eigenvalue weighted by Gasteiger charge is -2.10. The van der Waals surface area contributed by atoms with Crippen LogP contribution in [0.1, 0.15) is 0 Å². The maximum atomic E-state index is 4.98. The van der Waals surface area contributed by atoms with Gasteiger partial charge in [0.15, 0.2) is 23.3 Å². The predicted molar refractivity (Wildman–Crippen MR) is 454 cm³/mol. The summed E-state index contributed by atoms with van der Waals surface area (Å²) in [5, 5.41) is 9.50. The van der Waals surface area contributed by atoms with Gasteiger partial charge in [-0.25, -0.2) is 44.9 Å². The molecule has 112 heavy (non-hydrogen) atoms. The molecule has 0 aliphatic carbocycles. The molecule has 22 rings (SSSR count). The molecule has 13 heteroatoms. The Balaban J connectivity index is 0.000000141. The van der Waals surface area contributed by atoms with Gasteiger partial charge in [0.2, 0.25) is 11.9 Å².